The summed E-state index contributed by atoms with van der Waals surface area (Å²) in [5.41, 5.74) is 4.41. The zero-order valence-electron chi connectivity index (χ0n) is 16.3. The van der Waals surface area contributed by atoms with Crippen molar-refractivity contribution in [3.63, 3.8) is 0 Å². The van der Waals surface area contributed by atoms with E-state index in [1.807, 2.05) is 48.8 Å². The van der Waals surface area contributed by atoms with Gasteiger partial charge in [-0.05, 0) is 59.7 Å². The maximum atomic E-state index is 5.75. The van der Waals surface area contributed by atoms with Gasteiger partial charge in [0.25, 0.3) is 0 Å². The predicted octanol–water partition coefficient (Wildman–Crippen LogP) is 4.44. The quantitative estimate of drug-likeness (QED) is 0.492. The lowest BCUT2D eigenvalue weighted by Crippen LogP contribution is -2.29. The lowest BCUT2D eigenvalue weighted by Gasteiger charge is -2.27. The van der Waals surface area contributed by atoms with Gasteiger partial charge < -0.3 is 14.8 Å². The number of benzene rings is 1. The molecule has 1 aromatic carbocycles. The third kappa shape index (κ3) is 3.57. The highest BCUT2D eigenvalue weighted by atomic mass is 32.1. The Labute approximate surface area is 181 Å². The van der Waals surface area contributed by atoms with Gasteiger partial charge in [-0.2, -0.15) is 0 Å². The number of hydrogen-bond acceptors (Lipinski definition) is 3. The van der Waals surface area contributed by atoms with Crippen LogP contribution in [0.1, 0.15) is 28.9 Å². The molecule has 148 valence electrons. The second kappa shape index (κ2) is 8.08. The fourth-order valence-corrected chi connectivity index (χ4v) is 4.28. The van der Waals surface area contributed by atoms with Crippen molar-refractivity contribution in [1.82, 2.24) is 24.8 Å². The van der Waals surface area contributed by atoms with Crippen molar-refractivity contribution >= 4 is 17.3 Å². The van der Waals surface area contributed by atoms with E-state index in [1.165, 1.54) is 5.56 Å². The summed E-state index contributed by atoms with van der Waals surface area (Å²) in [4.78, 5) is 11.1. The maximum absolute atomic E-state index is 5.75. The first-order valence-corrected chi connectivity index (χ1v) is 10.3. The Morgan fingerprint density at radius 2 is 1.80 bits per heavy atom. The first kappa shape index (κ1) is 18.5. The SMILES string of the molecule is S=C1N[C@@H](c2ccccn2)[C@@H](c2ccn(-c3ccccc3)c2)N1Cc1cccnc1. The van der Waals surface area contributed by atoms with Crippen LogP contribution >= 0.6 is 12.2 Å². The molecule has 1 N–H and O–H groups in total. The number of thiocarbonyl (C=S) groups is 1. The lowest BCUT2D eigenvalue weighted by molar-refractivity contribution is 0.311. The molecule has 1 saturated heterocycles. The maximum Gasteiger partial charge on any atom is 0.170 e. The number of pyridine rings is 2. The lowest BCUT2D eigenvalue weighted by atomic mass is 9.99. The van der Waals surface area contributed by atoms with Crippen molar-refractivity contribution in [3.05, 3.63) is 115 Å². The molecule has 1 aliphatic rings. The predicted molar refractivity (Wildman–Crippen MR) is 121 cm³/mol. The molecule has 0 aliphatic carbocycles. The molecular weight excluding hydrogens is 390 g/mol. The molecule has 1 fully saturated rings. The standard InChI is InChI=1S/C24H21N5S/c30-24-27-22(21-10-4-5-13-26-21)23(29(24)16-18-7-6-12-25-15-18)19-11-14-28(17-19)20-8-2-1-3-9-20/h1-15,17,22-23H,16H2,(H,27,30)/t22-,23+/m0/s1. The van der Waals surface area contributed by atoms with Crippen molar-refractivity contribution < 1.29 is 0 Å². The van der Waals surface area contributed by atoms with Gasteiger partial charge in [0.1, 0.15) is 0 Å². The van der Waals surface area contributed by atoms with Crippen LogP contribution in [-0.2, 0) is 6.54 Å². The highest BCUT2D eigenvalue weighted by Gasteiger charge is 2.40. The summed E-state index contributed by atoms with van der Waals surface area (Å²) < 4.78 is 2.15. The summed E-state index contributed by atoms with van der Waals surface area (Å²) in [7, 11) is 0. The Kier molecular flexibility index (Phi) is 4.99. The molecule has 0 spiro atoms. The molecular formula is C24H21N5S. The van der Waals surface area contributed by atoms with Crippen molar-refractivity contribution in [1.29, 1.82) is 0 Å². The molecule has 1 aliphatic heterocycles. The van der Waals surface area contributed by atoms with E-state index in [0.717, 1.165) is 22.1 Å². The Morgan fingerprint density at radius 1 is 0.933 bits per heavy atom. The molecule has 0 saturated carbocycles. The number of rotatable bonds is 5. The summed E-state index contributed by atoms with van der Waals surface area (Å²) in [5.74, 6) is 0. The molecule has 5 rings (SSSR count). The summed E-state index contributed by atoms with van der Waals surface area (Å²) in [5, 5.41) is 4.23. The molecule has 0 unspecified atom stereocenters. The Balaban J connectivity index is 1.54. The smallest absolute Gasteiger partial charge is 0.170 e. The van der Waals surface area contributed by atoms with Gasteiger partial charge in [-0.25, -0.2) is 0 Å². The van der Waals surface area contributed by atoms with Gasteiger partial charge in [0, 0.05) is 43.2 Å². The second-order valence-electron chi connectivity index (χ2n) is 7.30. The molecule has 5 nitrogen and oxygen atoms in total. The largest absolute Gasteiger partial charge is 0.352 e. The summed E-state index contributed by atoms with van der Waals surface area (Å²) >= 11 is 5.75. The van der Waals surface area contributed by atoms with Crippen LogP contribution in [0.4, 0.5) is 0 Å². The summed E-state index contributed by atoms with van der Waals surface area (Å²) in [6.45, 7) is 0.685. The topological polar surface area (TPSA) is 46.0 Å². The summed E-state index contributed by atoms with van der Waals surface area (Å²) in [6.07, 6.45) is 9.79. The van der Waals surface area contributed by atoms with Gasteiger partial charge in [-0.3, -0.25) is 9.97 Å². The van der Waals surface area contributed by atoms with Crippen LogP contribution in [-0.4, -0.2) is 24.5 Å². The third-order valence-corrected chi connectivity index (χ3v) is 5.74. The molecule has 6 heteroatoms. The van der Waals surface area contributed by atoms with Crippen LogP contribution in [0.5, 0.6) is 0 Å². The molecule has 0 bridgehead atoms. The highest BCUT2D eigenvalue weighted by Crippen LogP contribution is 2.39. The van der Waals surface area contributed by atoms with Crippen LogP contribution in [0.2, 0.25) is 0 Å². The van der Waals surface area contributed by atoms with E-state index >= 15 is 0 Å². The molecule has 2 atom stereocenters. The Morgan fingerprint density at radius 3 is 2.57 bits per heavy atom. The second-order valence-corrected chi connectivity index (χ2v) is 7.69. The molecule has 4 heterocycles. The average molecular weight is 412 g/mol. The number of hydrogen-bond donors (Lipinski definition) is 1. The van der Waals surface area contributed by atoms with E-state index in [1.54, 1.807) is 6.20 Å². The normalized spacial score (nSPS) is 18.4. The minimum atomic E-state index is -0.0259. The van der Waals surface area contributed by atoms with E-state index in [2.05, 4.69) is 67.5 Å². The van der Waals surface area contributed by atoms with Crippen LogP contribution in [0.3, 0.4) is 0 Å². The summed E-state index contributed by atoms with van der Waals surface area (Å²) in [6, 6.07) is 22.5. The zero-order chi connectivity index (χ0) is 20.3. The van der Waals surface area contributed by atoms with Crippen LogP contribution < -0.4 is 5.32 Å². The van der Waals surface area contributed by atoms with Gasteiger partial charge >= 0.3 is 0 Å². The fourth-order valence-electron chi connectivity index (χ4n) is 3.98. The van der Waals surface area contributed by atoms with Crippen molar-refractivity contribution in [3.8, 4) is 5.69 Å². The van der Waals surface area contributed by atoms with Gasteiger partial charge in [-0.15, -0.1) is 0 Å². The Bertz CT molecular complexity index is 1130. The number of para-hydroxylation sites is 1. The van der Waals surface area contributed by atoms with Crippen molar-refractivity contribution in [2.75, 3.05) is 0 Å². The Hall–Kier alpha value is -3.51. The van der Waals surface area contributed by atoms with E-state index < -0.39 is 0 Å². The average Bonchev–Trinajstić information content (AvgIpc) is 3.41. The van der Waals surface area contributed by atoms with Crippen molar-refractivity contribution in [2.24, 2.45) is 0 Å². The third-order valence-electron chi connectivity index (χ3n) is 5.39. The van der Waals surface area contributed by atoms with E-state index in [0.29, 0.717) is 6.54 Å². The van der Waals surface area contributed by atoms with Crippen LogP contribution in [0.15, 0.2) is 97.7 Å². The monoisotopic (exact) mass is 411 g/mol. The number of aromatic nitrogens is 3. The van der Waals surface area contributed by atoms with E-state index in [9.17, 15) is 0 Å². The number of nitrogens with zero attached hydrogens (tertiary/aromatic N) is 4. The van der Waals surface area contributed by atoms with Gasteiger partial charge in [0.2, 0.25) is 0 Å². The van der Waals surface area contributed by atoms with Gasteiger partial charge in [-0.1, -0.05) is 30.3 Å². The number of nitrogens with one attached hydrogen (secondary N) is 1. The van der Waals surface area contributed by atoms with Gasteiger partial charge in [0.05, 0.1) is 17.8 Å². The minimum absolute atomic E-state index is 0.0255. The van der Waals surface area contributed by atoms with Crippen LogP contribution in [0, 0.1) is 0 Å². The van der Waals surface area contributed by atoms with Crippen LogP contribution in [0.25, 0.3) is 5.69 Å². The fraction of sp³-hybridized carbons (Fsp3) is 0.125. The van der Waals surface area contributed by atoms with Gasteiger partial charge in [0.15, 0.2) is 5.11 Å². The molecule has 30 heavy (non-hydrogen) atoms. The molecule has 3 aromatic heterocycles. The minimum Gasteiger partial charge on any atom is -0.352 e. The van der Waals surface area contributed by atoms with E-state index in [-0.39, 0.29) is 12.1 Å². The van der Waals surface area contributed by atoms with E-state index in [4.69, 9.17) is 12.2 Å². The molecule has 0 radical (unpaired) electrons. The first-order valence-electron chi connectivity index (χ1n) is 9.90. The highest BCUT2D eigenvalue weighted by molar-refractivity contribution is 7.80. The molecule has 0 amide bonds. The first-order chi connectivity index (χ1) is 14.8. The van der Waals surface area contributed by atoms with Crippen molar-refractivity contribution in [2.45, 2.75) is 18.6 Å². The molecule has 4 aromatic rings. The zero-order valence-corrected chi connectivity index (χ0v) is 17.1.